The van der Waals surface area contributed by atoms with Gasteiger partial charge in [0.1, 0.15) is 12.0 Å². The van der Waals surface area contributed by atoms with Crippen LogP contribution in [-0.2, 0) is 14.3 Å². The fourth-order valence-electron chi connectivity index (χ4n) is 1.97. The van der Waals surface area contributed by atoms with Crippen LogP contribution in [0.15, 0.2) is 17.6 Å². The van der Waals surface area contributed by atoms with Gasteiger partial charge in [-0.1, -0.05) is 17.8 Å². The van der Waals surface area contributed by atoms with E-state index in [1.54, 1.807) is 17.8 Å². The molecule has 2 aliphatic rings. The molecule has 2 saturated heterocycles. The van der Waals surface area contributed by atoms with E-state index in [1.807, 2.05) is 0 Å². The van der Waals surface area contributed by atoms with E-state index in [0.29, 0.717) is 19.2 Å². The molecule has 2 heterocycles. The van der Waals surface area contributed by atoms with Crippen LogP contribution in [0.3, 0.4) is 0 Å². The highest BCUT2D eigenvalue weighted by atomic mass is 32.2. The van der Waals surface area contributed by atoms with E-state index in [4.69, 9.17) is 9.47 Å². The molecule has 2 aliphatic heterocycles. The Morgan fingerprint density at radius 1 is 1.72 bits per heavy atom. The van der Waals surface area contributed by atoms with E-state index < -0.39 is 0 Å². The second-order valence-corrected chi connectivity index (χ2v) is 5.40. The highest BCUT2D eigenvalue weighted by molar-refractivity contribution is 8.14. The lowest BCUT2D eigenvalue weighted by molar-refractivity contribution is -0.147. The SMILES string of the molecule is C=CCN=C1N[C@@H]2CC[C@H](COC(C)=O)O[C@@H]2S1. The largest absolute Gasteiger partial charge is 0.463 e. The first-order valence-electron chi connectivity index (χ1n) is 6.06. The summed E-state index contributed by atoms with van der Waals surface area (Å²) in [4.78, 5) is 15.1. The minimum absolute atomic E-state index is 0.00297. The van der Waals surface area contributed by atoms with Gasteiger partial charge in [-0.2, -0.15) is 0 Å². The van der Waals surface area contributed by atoms with Crippen LogP contribution in [0, 0.1) is 0 Å². The Kier molecular flexibility index (Phi) is 4.66. The molecule has 2 rings (SSSR count). The molecular formula is C12H18N2O3S. The van der Waals surface area contributed by atoms with Crippen LogP contribution in [0.4, 0.5) is 0 Å². The molecule has 1 N–H and O–H groups in total. The van der Waals surface area contributed by atoms with Gasteiger partial charge in [-0.3, -0.25) is 9.79 Å². The van der Waals surface area contributed by atoms with Crippen molar-refractivity contribution in [2.24, 2.45) is 4.99 Å². The number of ether oxygens (including phenoxy) is 2. The van der Waals surface area contributed by atoms with Crippen LogP contribution in [0.25, 0.3) is 0 Å². The summed E-state index contributed by atoms with van der Waals surface area (Å²) >= 11 is 1.60. The summed E-state index contributed by atoms with van der Waals surface area (Å²) < 4.78 is 10.9. The van der Waals surface area contributed by atoms with Gasteiger partial charge in [0.25, 0.3) is 0 Å². The van der Waals surface area contributed by atoms with Crippen LogP contribution in [-0.4, -0.2) is 41.9 Å². The van der Waals surface area contributed by atoms with Gasteiger partial charge < -0.3 is 14.8 Å². The minimum Gasteiger partial charge on any atom is -0.463 e. The van der Waals surface area contributed by atoms with Crippen molar-refractivity contribution in [2.75, 3.05) is 13.2 Å². The van der Waals surface area contributed by atoms with Crippen LogP contribution in [0.2, 0.25) is 0 Å². The fraction of sp³-hybridized carbons (Fsp3) is 0.667. The van der Waals surface area contributed by atoms with Gasteiger partial charge in [0.15, 0.2) is 5.17 Å². The van der Waals surface area contributed by atoms with E-state index in [9.17, 15) is 4.79 Å². The van der Waals surface area contributed by atoms with Crippen LogP contribution >= 0.6 is 11.8 Å². The molecule has 5 nitrogen and oxygen atoms in total. The molecule has 2 fully saturated rings. The van der Waals surface area contributed by atoms with Crippen molar-refractivity contribution >= 4 is 22.9 Å². The lowest BCUT2D eigenvalue weighted by Crippen LogP contribution is -2.41. The molecule has 0 saturated carbocycles. The monoisotopic (exact) mass is 270 g/mol. The number of rotatable bonds is 4. The molecule has 0 unspecified atom stereocenters. The Morgan fingerprint density at radius 3 is 3.28 bits per heavy atom. The van der Waals surface area contributed by atoms with Gasteiger partial charge in [-0.25, -0.2) is 0 Å². The average Bonchev–Trinajstić information content (AvgIpc) is 2.75. The predicted octanol–water partition coefficient (Wildman–Crippen LogP) is 1.30. The predicted molar refractivity (Wildman–Crippen MR) is 71.5 cm³/mol. The number of aliphatic imine (C=N–C) groups is 1. The van der Waals surface area contributed by atoms with Crippen molar-refractivity contribution in [3.63, 3.8) is 0 Å². The Hall–Kier alpha value is -1.01. The topological polar surface area (TPSA) is 59.9 Å². The van der Waals surface area contributed by atoms with Gasteiger partial charge in [-0.05, 0) is 12.8 Å². The molecule has 0 bridgehead atoms. The zero-order chi connectivity index (χ0) is 13.0. The Labute approximate surface area is 111 Å². The number of carbonyl (C=O) groups excluding carboxylic acids is 1. The van der Waals surface area contributed by atoms with Crippen molar-refractivity contribution in [2.45, 2.75) is 37.3 Å². The standard InChI is InChI=1S/C12H18N2O3S/c1-3-6-13-12-14-10-5-4-9(7-16-8(2)15)17-11(10)18-12/h3,9-11H,1,4-7H2,2H3,(H,13,14)/t9-,10-,11-/m1/s1. The molecule has 0 aliphatic carbocycles. The molecule has 3 atom stereocenters. The van der Waals surface area contributed by atoms with E-state index in [1.165, 1.54) is 6.92 Å². The number of hydrogen-bond acceptors (Lipinski definition) is 5. The summed E-state index contributed by atoms with van der Waals surface area (Å²) in [7, 11) is 0. The summed E-state index contributed by atoms with van der Waals surface area (Å²) in [6.45, 7) is 6.02. The van der Waals surface area contributed by atoms with Gasteiger partial charge in [-0.15, -0.1) is 6.58 Å². The Morgan fingerprint density at radius 2 is 2.56 bits per heavy atom. The quantitative estimate of drug-likeness (QED) is 0.616. The first kappa shape index (κ1) is 13.4. The average molecular weight is 270 g/mol. The van der Waals surface area contributed by atoms with Gasteiger partial charge in [0.05, 0.1) is 18.7 Å². The van der Waals surface area contributed by atoms with Crippen molar-refractivity contribution in [1.82, 2.24) is 5.32 Å². The Bertz CT molecular complexity index is 359. The number of amidine groups is 1. The number of esters is 1. The third-order valence-electron chi connectivity index (χ3n) is 2.83. The Balaban J connectivity index is 1.83. The zero-order valence-electron chi connectivity index (χ0n) is 10.4. The second kappa shape index (κ2) is 6.24. The number of carbonyl (C=O) groups is 1. The number of hydrogen-bond donors (Lipinski definition) is 1. The number of nitrogens with zero attached hydrogens (tertiary/aromatic N) is 1. The van der Waals surface area contributed by atoms with Crippen molar-refractivity contribution < 1.29 is 14.3 Å². The van der Waals surface area contributed by atoms with Gasteiger partial charge in [0, 0.05) is 6.92 Å². The normalized spacial score (nSPS) is 32.7. The summed E-state index contributed by atoms with van der Waals surface area (Å²) in [5, 5.41) is 4.26. The van der Waals surface area contributed by atoms with E-state index in [2.05, 4.69) is 16.9 Å². The number of thioether (sulfide) groups is 1. The number of nitrogens with one attached hydrogen (secondary N) is 1. The molecule has 0 amide bonds. The summed E-state index contributed by atoms with van der Waals surface area (Å²) in [6.07, 6.45) is 3.68. The molecule has 18 heavy (non-hydrogen) atoms. The van der Waals surface area contributed by atoms with Crippen molar-refractivity contribution in [3.05, 3.63) is 12.7 Å². The van der Waals surface area contributed by atoms with Crippen molar-refractivity contribution in [3.8, 4) is 0 Å². The van der Waals surface area contributed by atoms with Crippen LogP contribution in [0.5, 0.6) is 0 Å². The highest BCUT2D eigenvalue weighted by Gasteiger charge is 2.38. The summed E-state index contributed by atoms with van der Waals surface area (Å²) in [5.74, 6) is -0.258. The lowest BCUT2D eigenvalue weighted by atomic mass is 10.1. The molecule has 0 aromatic rings. The van der Waals surface area contributed by atoms with E-state index in [-0.39, 0.29) is 17.5 Å². The first-order chi connectivity index (χ1) is 8.69. The first-order valence-corrected chi connectivity index (χ1v) is 6.94. The third kappa shape index (κ3) is 3.49. The van der Waals surface area contributed by atoms with E-state index >= 15 is 0 Å². The molecule has 100 valence electrons. The smallest absolute Gasteiger partial charge is 0.302 e. The number of fused-ring (bicyclic) bond motifs is 1. The maximum absolute atomic E-state index is 10.8. The molecule has 0 aromatic heterocycles. The van der Waals surface area contributed by atoms with Gasteiger partial charge >= 0.3 is 5.97 Å². The third-order valence-corrected chi connectivity index (χ3v) is 3.97. The summed E-state index contributed by atoms with van der Waals surface area (Å²) in [6, 6.07) is 0.312. The lowest BCUT2D eigenvalue weighted by Gasteiger charge is -2.30. The minimum atomic E-state index is -0.258. The molecule has 0 aromatic carbocycles. The molecular weight excluding hydrogens is 252 g/mol. The fourth-order valence-corrected chi connectivity index (χ4v) is 3.14. The van der Waals surface area contributed by atoms with Gasteiger partial charge in [0.2, 0.25) is 0 Å². The maximum Gasteiger partial charge on any atom is 0.302 e. The molecule has 0 spiro atoms. The van der Waals surface area contributed by atoms with Crippen molar-refractivity contribution in [1.29, 1.82) is 0 Å². The highest BCUT2D eigenvalue weighted by Crippen LogP contribution is 2.33. The van der Waals surface area contributed by atoms with Crippen LogP contribution < -0.4 is 5.32 Å². The second-order valence-electron chi connectivity index (χ2n) is 4.31. The molecule has 0 radical (unpaired) electrons. The summed E-state index contributed by atoms with van der Waals surface area (Å²) in [5.41, 5.74) is 0.0721. The maximum atomic E-state index is 10.8. The molecule has 6 heteroatoms. The zero-order valence-corrected chi connectivity index (χ0v) is 11.2. The van der Waals surface area contributed by atoms with Crippen LogP contribution in [0.1, 0.15) is 19.8 Å². The van der Waals surface area contributed by atoms with E-state index in [0.717, 1.165) is 18.0 Å².